The van der Waals surface area contributed by atoms with Crippen molar-refractivity contribution >= 4 is 0 Å². The first kappa shape index (κ1) is 12.5. The first-order valence-corrected chi connectivity index (χ1v) is 6.06. The third kappa shape index (κ3) is 2.47. The highest BCUT2D eigenvalue weighted by Crippen LogP contribution is 2.20. The molecule has 0 bridgehead atoms. The average Bonchev–Trinajstić information content (AvgIpc) is 2.69. The minimum atomic E-state index is -0.0600. The molecule has 18 heavy (non-hydrogen) atoms. The molecular formula is C14H18N2O2. The second-order valence-electron chi connectivity index (χ2n) is 4.72. The Morgan fingerprint density at radius 3 is 2.72 bits per heavy atom. The van der Waals surface area contributed by atoms with E-state index in [1.807, 2.05) is 24.3 Å². The molecule has 0 spiro atoms. The molecule has 2 aromatic rings. The number of nitrogens with one attached hydrogen (secondary N) is 1. The van der Waals surface area contributed by atoms with Crippen LogP contribution in [0.1, 0.15) is 19.5 Å². The largest absolute Gasteiger partial charge is 0.494 e. The van der Waals surface area contributed by atoms with Gasteiger partial charge in [-0.15, -0.1) is 0 Å². The zero-order chi connectivity index (χ0) is 13.1. The van der Waals surface area contributed by atoms with Crippen LogP contribution < -0.4 is 10.3 Å². The van der Waals surface area contributed by atoms with Crippen LogP contribution >= 0.6 is 0 Å². The molecule has 0 aliphatic carbocycles. The Balaban J connectivity index is 2.44. The Bertz CT molecular complexity index is 581. The fourth-order valence-electron chi connectivity index (χ4n) is 1.98. The summed E-state index contributed by atoms with van der Waals surface area (Å²) in [4.78, 5) is 12.0. The summed E-state index contributed by atoms with van der Waals surface area (Å²) in [6.45, 7) is 4.25. The van der Waals surface area contributed by atoms with Crippen molar-refractivity contribution < 1.29 is 4.74 Å². The predicted octanol–water partition coefficient (Wildman–Crippen LogP) is 2.37. The van der Waals surface area contributed by atoms with E-state index in [1.54, 1.807) is 13.2 Å². The Morgan fingerprint density at radius 2 is 2.06 bits per heavy atom. The minimum Gasteiger partial charge on any atom is -0.494 e. The second-order valence-corrected chi connectivity index (χ2v) is 4.72. The van der Waals surface area contributed by atoms with Crippen LogP contribution in [0, 0.1) is 5.92 Å². The normalized spacial score (nSPS) is 10.9. The Morgan fingerprint density at radius 1 is 1.33 bits per heavy atom. The van der Waals surface area contributed by atoms with E-state index in [0.717, 1.165) is 17.8 Å². The number of rotatable bonds is 4. The van der Waals surface area contributed by atoms with Crippen LogP contribution in [0.15, 0.2) is 35.1 Å². The Labute approximate surface area is 106 Å². The number of H-pyrrole nitrogens is 1. The molecule has 1 heterocycles. The molecule has 0 atom stereocenters. The van der Waals surface area contributed by atoms with Gasteiger partial charge in [0.15, 0.2) is 0 Å². The monoisotopic (exact) mass is 246 g/mol. The molecule has 4 nitrogen and oxygen atoms in total. The fraction of sp³-hybridized carbons (Fsp3) is 0.357. The quantitative estimate of drug-likeness (QED) is 0.900. The van der Waals surface area contributed by atoms with E-state index < -0.39 is 0 Å². The van der Waals surface area contributed by atoms with Gasteiger partial charge in [0.25, 0.3) is 5.56 Å². The molecule has 0 radical (unpaired) electrons. The van der Waals surface area contributed by atoms with Crippen LogP contribution in [0.2, 0.25) is 0 Å². The molecule has 96 valence electrons. The van der Waals surface area contributed by atoms with Gasteiger partial charge in [-0.1, -0.05) is 26.0 Å². The molecule has 1 N–H and O–H groups in total. The van der Waals surface area contributed by atoms with Crippen LogP contribution in [0.4, 0.5) is 0 Å². The van der Waals surface area contributed by atoms with Gasteiger partial charge in [-0.05, 0) is 24.5 Å². The van der Waals surface area contributed by atoms with Gasteiger partial charge in [0.1, 0.15) is 11.4 Å². The summed E-state index contributed by atoms with van der Waals surface area (Å²) < 4.78 is 6.79. The molecule has 0 amide bonds. The molecule has 2 rings (SSSR count). The average molecular weight is 246 g/mol. The first-order chi connectivity index (χ1) is 8.61. The summed E-state index contributed by atoms with van der Waals surface area (Å²) in [5, 5.41) is 3.13. The van der Waals surface area contributed by atoms with E-state index in [1.165, 1.54) is 4.68 Å². The van der Waals surface area contributed by atoms with Crippen molar-refractivity contribution in [1.82, 2.24) is 9.78 Å². The lowest BCUT2D eigenvalue weighted by atomic mass is 10.1. The molecule has 0 aliphatic heterocycles. The summed E-state index contributed by atoms with van der Waals surface area (Å²) in [5.74, 6) is 1.19. The van der Waals surface area contributed by atoms with Gasteiger partial charge in [-0.25, -0.2) is 4.68 Å². The molecule has 1 aromatic carbocycles. The maximum absolute atomic E-state index is 12.0. The number of hydrogen-bond acceptors (Lipinski definition) is 2. The van der Waals surface area contributed by atoms with E-state index in [-0.39, 0.29) is 5.56 Å². The highest BCUT2D eigenvalue weighted by atomic mass is 16.5. The highest BCUT2D eigenvalue weighted by Gasteiger charge is 2.10. The number of benzene rings is 1. The lowest BCUT2D eigenvalue weighted by Crippen LogP contribution is -2.14. The molecule has 0 saturated carbocycles. The third-order valence-corrected chi connectivity index (χ3v) is 2.73. The second kappa shape index (κ2) is 5.12. The Kier molecular flexibility index (Phi) is 3.55. The van der Waals surface area contributed by atoms with Gasteiger partial charge in [0.05, 0.1) is 7.11 Å². The molecular weight excluding hydrogens is 228 g/mol. The highest BCUT2D eigenvalue weighted by molar-refractivity contribution is 5.45. The van der Waals surface area contributed by atoms with E-state index in [0.29, 0.717) is 11.7 Å². The topological polar surface area (TPSA) is 47.0 Å². The van der Waals surface area contributed by atoms with Gasteiger partial charge in [0, 0.05) is 11.8 Å². The lowest BCUT2D eigenvalue weighted by Gasteiger charge is -2.08. The molecule has 0 saturated heterocycles. The number of hydrogen-bond donors (Lipinski definition) is 1. The maximum Gasteiger partial charge on any atom is 0.271 e. The van der Waals surface area contributed by atoms with E-state index >= 15 is 0 Å². The molecule has 0 fully saturated rings. The number of methoxy groups -OCH3 is 1. The number of nitrogens with zero attached hydrogens (tertiary/aromatic N) is 1. The van der Waals surface area contributed by atoms with Crippen molar-refractivity contribution in [1.29, 1.82) is 0 Å². The molecule has 4 heteroatoms. The van der Waals surface area contributed by atoms with Gasteiger partial charge in [0.2, 0.25) is 0 Å². The maximum atomic E-state index is 12.0. The first-order valence-electron chi connectivity index (χ1n) is 6.06. The van der Waals surface area contributed by atoms with Crippen LogP contribution in [0.3, 0.4) is 0 Å². The van der Waals surface area contributed by atoms with E-state index in [9.17, 15) is 4.79 Å². The summed E-state index contributed by atoms with van der Waals surface area (Å²) in [7, 11) is 1.60. The molecule has 0 unspecified atom stereocenters. The van der Waals surface area contributed by atoms with Gasteiger partial charge in [-0.2, -0.15) is 0 Å². The Hall–Kier alpha value is -1.97. The van der Waals surface area contributed by atoms with Crippen molar-refractivity contribution in [2.24, 2.45) is 5.92 Å². The number of ether oxygens (including phenoxy) is 1. The zero-order valence-electron chi connectivity index (χ0n) is 10.9. The van der Waals surface area contributed by atoms with Crippen molar-refractivity contribution in [3.05, 3.63) is 46.4 Å². The SMILES string of the molecule is COc1ccccc1-n1[nH]c(CC(C)C)cc1=O. The zero-order valence-corrected chi connectivity index (χ0v) is 10.9. The summed E-state index contributed by atoms with van der Waals surface area (Å²) in [6, 6.07) is 9.10. The van der Waals surface area contributed by atoms with E-state index in [4.69, 9.17) is 4.74 Å². The molecule has 1 aromatic heterocycles. The van der Waals surface area contributed by atoms with Crippen molar-refractivity contribution in [2.45, 2.75) is 20.3 Å². The van der Waals surface area contributed by atoms with Gasteiger partial charge < -0.3 is 4.74 Å². The number of aromatic nitrogens is 2. The van der Waals surface area contributed by atoms with E-state index in [2.05, 4.69) is 18.9 Å². The van der Waals surface area contributed by atoms with Crippen molar-refractivity contribution in [2.75, 3.05) is 7.11 Å². The summed E-state index contributed by atoms with van der Waals surface area (Å²) >= 11 is 0. The third-order valence-electron chi connectivity index (χ3n) is 2.73. The smallest absolute Gasteiger partial charge is 0.271 e. The van der Waals surface area contributed by atoms with Crippen molar-refractivity contribution in [3.8, 4) is 11.4 Å². The van der Waals surface area contributed by atoms with Crippen LogP contribution in [0.5, 0.6) is 5.75 Å². The van der Waals surface area contributed by atoms with Gasteiger partial charge in [-0.3, -0.25) is 9.89 Å². The lowest BCUT2D eigenvalue weighted by molar-refractivity contribution is 0.411. The minimum absolute atomic E-state index is 0.0600. The van der Waals surface area contributed by atoms with Crippen LogP contribution in [-0.2, 0) is 6.42 Å². The predicted molar refractivity (Wildman–Crippen MR) is 71.5 cm³/mol. The molecule has 0 aliphatic rings. The summed E-state index contributed by atoms with van der Waals surface area (Å²) in [5.41, 5.74) is 1.62. The van der Waals surface area contributed by atoms with Crippen molar-refractivity contribution in [3.63, 3.8) is 0 Å². The van der Waals surface area contributed by atoms with Crippen LogP contribution in [0.25, 0.3) is 5.69 Å². The fourth-order valence-corrected chi connectivity index (χ4v) is 1.98. The van der Waals surface area contributed by atoms with Gasteiger partial charge >= 0.3 is 0 Å². The summed E-state index contributed by atoms with van der Waals surface area (Å²) in [6.07, 6.45) is 0.859. The number of aromatic amines is 1. The standard InChI is InChI=1S/C14H18N2O2/c1-10(2)8-11-9-14(17)16(15-11)12-6-4-5-7-13(12)18-3/h4-7,9-10,15H,8H2,1-3H3. The number of para-hydroxylation sites is 2. The van der Waals surface area contributed by atoms with Crippen LogP contribution in [-0.4, -0.2) is 16.9 Å².